The van der Waals surface area contributed by atoms with E-state index in [1.807, 2.05) is 24.3 Å². The molecule has 1 aliphatic heterocycles. The molecule has 1 heterocycles. The van der Waals surface area contributed by atoms with Crippen LogP contribution < -0.4 is 14.8 Å². The summed E-state index contributed by atoms with van der Waals surface area (Å²) in [6.45, 7) is 1.22. The van der Waals surface area contributed by atoms with Gasteiger partial charge in [-0.25, -0.2) is 0 Å². The quantitative estimate of drug-likeness (QED) is 0.849. The van der Waals surface area contributed by atoms with Crippen LogP contribution >= 0.6 is 0 Å². The van der Waals surface area contributed by atoms with E-state index in [1.54, 1.807) is 0 Å². The zero-order chi connectivity index (χ0) is 17.8. The molecule has 2 fully saturated rings. The van der Waals surface area contributed by atoms with Crippen LogP contribution in [0, 0.1) is 0 Å². The van der Waals surface area contributed by atoms with Crippen molar-refractivity contribution in [2.45, 2.75) is 50.7 Å². The van der Waals surface area contributed by atoms with E-state index in [4.69, 9.17) is 9.47 Å². The topological polar surface area (TPSA) is 47.6 Å². The van der Waals surface area contributed by atoms with Gasteiger partial charge in [0, 0.05) is 18.9 Å². The van der Waals surface area contributed by atoms with Gasteiger partial charge in [0.1, 0.15) is 6.61 Å². The number of hydrogen-bond donors (Lipinski definition) is 1. The summed E-state index contributed by atoms with van der Waals surface area (Å²) < 4.78 is 12.4. The van der Waals surface area contributed by atoms with Crippen LogP contribution in [0.4, 0.5) is 0 Å². The molecule has 0 aromatic heterocycles. The fourth-order valence-electron chi connectivity index (χ4n) is 3.75. The predicted octanol–water partition coefficient (Wildman–Crippen LogP) is 4.19. The molecule has 0 radical (unpaired) electrons. The van der Waals surface area contributed by atoms with Gasteiger partial charge in [0.05, 0.1) is 6.10 Å². The van der Waals surface area contributed by atoms with E-state index < -0.39 is 0 Å². The summed E-state index contributed by atoms with van der Waals surface area (Å²) in [5.74, 6) is 1.93. The Kier molecular flexibility index (Phi) is 5.09. The number of carbonyl (C=O) groups excluding carboxylic acids is 1. The molecule has 0 bridgehead atoms. The van der Waals surface area contributed by atoms with Crippen LogP contribution in [0.1, 0.15) is 49.1 Å². The van der Waals surface area contributed by atoms with Crippen molar-refractivity contribution in [3.8, 4) is 11.5 Å². The highest BCUT2D eigenvalue weighted by Gasteiger charge is 2.25. The van der Waals surface area contributed by atoms with Crippen LogP contribution in [0.15, 0.2) is 48.5 Å². The van der Waals surface area contributed by atoms with Gasteiger partial charge in [-0.15, -0.1) is 0 Å². The van der Waals surface area contributed by atoms with E-state index in [0.29, 0.717) is 19.6 Å². The maximum atomic E-state index is 11.5. The molecule has 1 aliphatic carbocycles. The van der Waals surface area contributed by atoms with Gasteiger partial charge >= 0.3 is 0 Å². The fourth-order valence-corrected chi connectivity index (χ4v) is 3.75. The largest absolute Gasteiger partial charge is 0.487 e. The lowest BCUT2D eigenvalue weighted by atomic mass is 9.98. The summed E-state index contributed by atoms with van der Waals surface area (Å²) in [5, 5.41) is 2.91. The molecule has 1 N–H and O–H groups in total. The van der Waals surface area contributed by atoms with Gasteiger partial charge in [0.15, 0.2) is 11.5 Å². The number of nitrogens with one attached hydrogen (secondary N) is 1. The molecule has 2 aliphatic rings. The highest BCUT2D eigenvalue weighted by Crippen LogP contribution is 2.36. The number of rotatable bonds is 6. The first-order valence-electron chi connectivity index (χ1n) is 9.52. The first-order chi connectivity index (χ1) is 12.8. The molecule has 1 saturated heterocycles. The lowest BCUT2D eigenvalue weighted by molar-refractivity contribution is -0.119. The Bertz CT molecular complexity index is 753. The second-order valence-corrected chi connectivity index (χ2v) is 7.21. The summed E-state index contributed by atoms with van der Waals surface area (Å²) in [6, 6.07) is 16.3. The molecule has 1 saturated carbocycles. The van der Waals surface area contributed by atoms with Crippen LogP contribution in [-0.2, 0) is 11.4 Å². The molecule has 0 spiro atoms. The van der Waals surface area contributed by atoms with Gasteiger partial charge in [-0.1, -0.05) is 36.4 Å². The molecule has 136 valence electrons. The molecule has 1 amide bonds. The van der Waals surface area contributed by atoms with Crippen molar-refractivity contribution in [1.82, 2.24) is 5.32 Å². The SMILES string of the molecule is O=C1C[C@H](c2ccc(OCc3ccccc3)c(OC3CCCC3)c2)CN1. The highest BCUT2D eigenvalue weighted by molar-refractivity contribution is 5.79. The minimum absolute atomic E-state index is 0.123. The molecule has 26 heavy (non-hydrogen) atoms. The van der Waals surface area contributed by atoms with E-state index in [1.165, 1.54) is 12.8 Å². The van der Waals surface area contributed by atoms with Crippen molar-refractivity contribution in [2.24, 2.45) is 0 Å². The van der Waals surface area contributed by atoms with Crippen LogP contribution in [0.2, 0.25) is 0 Å². The Labute approximate surface area is 154 Å². The van der Waals surface area contributed by atoms with Gasteiger partial charge in [-0.05, 0) is 48.9 Å². The zero-order valence-corrected chi connectivity index (χ0v) is 14.9. The number of amides is 1. The molecular weight excluding hydrogens is 326 g/mol. The molecule has 4 rings (SSSR count). The smallest absolute Gasteiger partial charge is 0.220 e. The highest BCUT2D eigenvalue weighted by atomic mass is 16.5. The van der Waals surface area contributed by atoms with Crippen molar-refractivity contribution in [3.63, 3.8) is 0 Å². The summed E-state index contributed by atoms with van der Waals surface area (Å²) in [5.41, 5.74) is 2.28. The standard InChI is InChI=1S/C22H25NO3/c24-22-13-18(14-23-22)17-10-11-20(25-15-16-6-2-1-3-7-16)21(12-17)26-19-8-4-5-9-19/h1-3,6-7,10-12,18-19H,4-5,8-9,13-15H2,(H,23,24)/t18-/m0/s1. The first kappa shape index (κ1) is 17.0. The van der Waals surface area contributed by atoms with Crippen molar-refractivity contribution < 1.29 is 14.3 Å². The minimum Gasteiger partial charge on any atom is -0.487 e. The van der Waals surface area contributed by atoms with Crippen LogP contribution in [-0.4, -0.2) is 18.6 Å². The van der Waals surface area contributed by atoms with Gasteiger partial charge in [0.2, 0.25) is 5.91 Å². The molecule has 0 unspecified atom stereocenters. The maximum Gasteiger partial charge on any atom is 0.220 e. The fraction of sp³-hybridized carbons (Fsp3) is 0.409. The molecule has 1 atom stereocenters. The molecular formula is C22H25NO3. The van der Waals surface area contributed by atoms with Crippen molar-refractivity contribution >= 4 is 5.91 Å². The van der Waals surface area contributed by atoms with E-state index >= 15 is 0 Å². The average molecular weight is 351 g/mol. The number of hydrogen-bond acceptors (Lipinski definition) is 3. The first-order valence-corrected chi connectivity index (χ1v) is 9.52. The third kappa shape index (κ3) is 4.01. The van der Waals surface area contributed by atoms with Crippen molar-refractivity contribution in [2.75, 3.05) is 6.54 Å². The molecule has 4 heteroatoms. The van der Waals surface area contributed by atoms with E-state index in [-0.39, 0.29) is 17.9 Å². The lowest BCUT2D eigenvalue weighted by Gasteiger charge is -2.19. The number of carbonyl (C=O) groups is 1. The van der Waals surface area contributed by atoms with Crippen LogP contribution in [0.3, 0.4) is 0 Å². The van der Waals surface area contributed by atoms with Gasteiger partial charge in [-0.2, -0.15) is 0 Å². The predicted molar refractivity (Wildman–Crippen MR) is 100 cm³/mol. The van der Waals surface area contributed by atoms with Crippen molar-refractivity contribution in [3.05, 3.63) is 59.7 Å². The second-order valence-electron chi connectivity index (χ2n) is 7.21. The average Bonchev–Trinajstić information content (AvgIpc) is 3.33. The van der Waals surface area contributed by atoms with Crippen LogP contribution in [0.25, 0.3) is 0 Å². The Morgan fingerprint density at radius 3 is 2.54 bits per heavy atom. The normalized spacial score (nSPS) is 20.2. The van der Waals surface area contributed by atoms with E-state index in [9.17, 15) is 4.79 Å². The Morgan fingerprint density at radius 2 is 1.81 bits per heavy atom. The van der Waals surface area contributed by atoms with Crippen molar-refractivity contribution in [1.29, 1.82) is 0 Å². The zero-order valence-electron chi connectivity index (χ0n) is 14.9. The third-order valence-corrected chi connectivity index (χ3v) is 5.25. The van der Waals surface area contributed by atoms with E-state index in [2.05, 4.69) is 29.6 Å². The number of benzene rings is 2. The molecule has 2 aromatic rings. The maximum absolute atomic E-state index is 11.5. The van der Waals surface area contributed by atoms with Gasteiger partial charge < -0.3 is 14.8 Å². The Hall–Kier alpha value is -2.49. The molecule has 2 aromatic carbocycles. The van der Waals surface area contributed by atoms with Crippen LogP contribution in [0.5, 0.6) is 11.5 Å². The Balaban J connectivity index is 1.53. The summed E-state index contributed by atoms with van der Waals surface area (Å²) >= 11 is 0. The van der Waals surface area contributed by atoms with Gasteiger partial charge in [0.25, 0.3) is 0 Å². The summed E-state index contributed by atoms with van der Waals surface area (Å²) in [7, 11) is 0. The number of ether oxygens (including phenoxy) is 2. The monoisotopic (exact) mass is 351 g/mol. The lowest BCUT2D eigenvalue weighted by Crippen LogP contribution is -2.14. The summed E-state index contributed by atoms with van der Waals surface area (Å²) in [4.78, 5) is 11.5. The minimum atomic E-state index is 0.123. The van der Waals surface area contributed by atoms with Gasteiger partial charge in [-0.3, -0.25) is 4.79 Å². The third-order valence-electron chi connectivity index (χ3n) is 5.25. The van der Waals surface area contributed by atoms with E-state index in [0.717, 1.165) is 35.5 Å². The second kappa shape index (κ2) is 7.81. The Morgan fingerprint density at radius 1 is 1.00 bits per heavy atom. The summed E-state index contributed by atoms with van der Waals surface area (Å²) in [6.07, 6.45) is 5.48. The molecule has 4 nitrogen and oxygen atoms in total.